The molecule has 2 rings (SSSR count). The maximum atomic E-state index is 11.8. The van der Waals surface area contributed by atoms with E-state index in [0.29, 0.717) is 12.8 Å². The van der Waals surface area contributed by atoms with Crippen LogP contribution in [0.2, 0.25) is 0 Å². The van der Waals surface area contributed by atoms with E-state index in [4.69, 9.17) is 0 Å². The molecule has 0 saturated heterocycles. The Labute approximate surface area is 105 Å². The Hall–Kier alpha value is -1.55. The van der Waals surface area contributed by atoms with Crippen LogP contribution in [-0.2, 0) is 17.6 Å². The molecule has 3 nitrogen and oxygen atoms in total. The Morgan fingerprint density at radius 3 is 2.76 bits per heavy atom. The molecule has 0 aliphatic heterocycles. The summed E-state index contributed by atoms with van der Waals surface area (Å²) >= 11 is 1.61. The first-order chi connectivity index (χ1) is 8.15. The molecule has 0 N–H and O–H groups in total. The van der Waals surface area contributed by atoms with Crippen LogP contribution in [0.4, 0.5) is 0 Å². The van der Waals surface area contributed by atoms with Gasteiger partial charge in [-0.05, 0) is 25.5 Å². The quantitative estimate of drug-likeness (QED) is 0.832. The molecule has 2 aromatic heterocycles. The van der Waals surface area contributed by atoms with Crippen LogP contribution in [0.15, 0.2) is 24.5 Å². The molecule has 0 atom stereocenters. The molecule has 0 spiro atoms. The Balaban J connectivity index is 1.98. The minimum absolute atomic E-state index is 0.187. The second-order valence-corrected chi connectivity index (χ2v) is 5.29. The molecule has 0 radical (unpaired) electrons. The highest BCUT2D eigenvalue weighted by atomic mass is 32.1. The lowest BCUT2D eigenvalue weighted by atomic mass is 10.1. The van der Waals surface area contributed by atoms with Gasteiger partial charge in [0.2, 0.25) is 0 Å². The van der Waals surface area contributed by atoms with Crippen LogP contribution in [0, 0.1) is 13.8 Å². The lowest BCUT2D eigenvalue weighted by Crippen LogP contribution is -2.06. The van der Waals surface area contributed by atoms with Crippen molar-refractivity contribution in [1.29, 1.82) is 0 Å². The molecular weight excluding hydrogens is 232 g/mol. The number of nitrogens with zero attached hydrogens (tertiary/aromatic N) is 2. The van der Waals surface area contributed by atoms with Crippen molar-refractivity contribution in [3.8, 4) is 0 Å². The van der Waals surface area contributed by atoms with Gasteiger partial charge in [-0.3, -0.25) is 9.78 Å². The number of carbonyl (C=O) groups is 1. The van der Waals surface area contributed by atoms with Gasteiger partial charge < -0.3 is 0 Å². The fraction of sp³-hybridized carbons (Fsp3) is 0.308. The molecule has 17 heavy (non-hydrogen) atoms. The van der Waals surface area contributed by atoms with Crippen molar-refractivity contribution in [2.45, 2.75) is 26.7 Å². The van der Waals surface area contributed by atoms with Gasteiger partial charge in [-0.25, -0.2) is 4.98 Å². The molecule has 0 unspecified atom stereocenters. The van der Waals surface area contributed by atoms with E-state index in [1.165, 1.54) is 4.88 Å². The molecule has 0 saturated carbocycles. The summed E-state index contributed by atoms with van der Waals surface area (Å²) in [7, 11) is 0. The zero-order valence-electron chi connectivity index (χ0n) is 9.93. The number of hydrogen-bond donors (Lipinski definition) is 0. The van der Waals surface area contributed by atoms with E-state index < -0.39 is 0 Å². The van der Waals surface area contributed by atoms with Crippen LogP contribution in [-0.4, -0.2) is 15.8 Å². The summed E-state index contributed by atoms with van der Waals surface area (Å²) in [5, 5.41) is 0.911. The van der Waals surface area contributed by atoms with E-state index in [-0.39, 0.29) is 5.78 Å². The van der Waals surface area contributed by atoms with Gasteiger partial charge in [-0.2, -0.15) is 0 Å². The Bertz CT molecular complexity index is 500. The summed E-state index contributed by atoms with van der Waals surface area (Å²) in [4.78, 5) is 21.4. The van der Waals surface area contributed by atoms with Gasteiger partial charge in [0.25, 0.3) is 0 Å². The fourth-order valence-electron chi connectivity index (χ4n) is 1.58. The third kappa shape index (κ3) is 3.20. The van der Waals surface area contributed by atoms with E-state index in [1.54, 1.807) is 23.7 Å². The summed E-state index contributed by atoms with van der Waals surface area (Å²) in [6, 6.07) is 3.77. The Kier molecular flexibility index (Phi) is 3.64. The normalized spacial score (nSPS) is 10.5. The zero-order chi connectivity index (χ0) is 12.3. The summed E-state index contributed by atoms with van der Waals surface area (Å²) in [5.74, 6) is 0.187. The lowest BCUT2D eigenvalue weighted by Gasteiger charge is -1.98. The third-order valence-corrected chi connectivity index (χ3v) is 3.62. The number of ketones is 1. The van der Waals surface area contributed by atoms with Gasteiger partial charge in [0.05, 0.1) is 12.1 Å². The van der Waals surface area contributed by atoms with Crippen molar-refractivity contribution in [2.24, 2.45) is 0 Å². The van der Waals surface area contributed by atoms with Crippen molar-refractivity contribution >= 4 is 17.1 Å². The number of carbonyl (C=O) groups excluding carboxylic acids is 1. The highest BCUT2D eigenvalue weighted by Gasteiger charge is 2.09. The molecule has 0 aliphatic rings. The number of aryl methyl sites for hydroxylation is 2. The van der Waals surface area contributed by atoms with Gasteiger partial charge in [0.15, 0.2) is 0 Å². The second-order valence-electron chi connectivity index (χ2n) is 4.00. The first kappa shape index (κ1) is 11.9. The molecular formula is C13H14N2OS. The molecule has 0 aromatic carbocycles. The maximum Gasteiger partial charge on any atom is 0.144 e. The van der Waals surface area contributed by atoms with E-state index >= 15 is 0 Å². The SMILES string of the molecule is Cc1nc(CC(=O)Cc2cccnc2)sc1C. The van der Waals surface area contributed by atoms with Crippen LogP contribution in [0.5, 0.6) is 0 Å². The van der Waals surface area contributed by atoms with E-state index in [0.717, 1.165) is 16.3 Å². The van der Waals surface area contributed by atoms with Crippen LogP contribution in [0.1, 0.15) is 21.1 Å². The van der Waals surface area contributed by atoms with Crippen molar-refractivity contribution < 1.29 is 4.79 Å². The Morgan fingerprint density at radius 2 is 2.18 bits per heavy atom. The second kappa shape index (κ2) is 5.19. The van der Waals surface area contributed by atoms with Crippen molar-refractivity contribution in [2.75, 3.05) is 0 Å². The molecule has 0 bridgehead atoms. The molecule has 0 fully saturated rings. The third-order valence-electron chi connectivity index (χ3n) is 2.55. The summed E-state index contributed by atoms with van der Waals surface area (Å²) < 4.78 is 0. The largest absolute Gasteiger partial charge is 0.299 e. The van der Waals surface area contributed by atoms with Crippen LogP contribution < -0.4 is 0 Å². The molecule has 2 heterocycles. The van der Waals surface area contributed by atoms with Gasteiger partial charge in [-0.1, -0.05) is 6.07 Å². The lowest BCUT2D eigenvalue weighted by molar-refractivity contribution is -0.117. The first-order valence-corrected chi connectivity index (χ1v) is 6.30. The Morgan fingerprint density at radius 1 is 1.35 bits per heavy atom. The average molecular weight is 246 g/mol. The van der Waals surface area contributed by atoms with Crippen LogP contribution >= 0.6 is 11.3 Å². The summed E-state index contributed by atoms with van der Waals surface area (Å²) in [5.41, 5.74) is 1.99. The number of rotatable bonds is 4. The maximum absolute atomic E-state index is 11.8. The topological polar surface area (TPSA) is 42.9 Å². The number of thiazole rings is 1. The fourth-order valence-corrected chi connectivity index (χ4v) is 2.54. The summed E-state index contributed by atoms with van der Waals surface area (Å²) in [6.07, 6.45) is 4.30. The minimum atomic E-state index is 0.187. The number of Topliss-reactive ketones (excluding diaryl/α,β-unsaturated/α-hetero) is 1. The minimum Gasteiger partial charge on any atom is -0.299 e. The van der Waals surface area contributed by atoms with E-state index in [2.05, 4.69) is 9.97 Å². The number of hydrogen-bond acceptors (Lipinski definition) is 4. The van der Waals surface area contributed by atoms with Gasteiger partial charge >= 0.3 is 0 Å². The van der Waals surface area contributed by atoms with Crippen molar-refractivity contribution in [1.82, 2.24) is 9.97 Å². The van der Waals surface area contributed by atoms with Gasteiger partial charge in [-0.15, -0.1) is 11.3 Å². The van der Waals surface area contributed by atoms with E-state index in [1.807, 2.05) is 26.0 Å². The number of pyridine rings is 1. The molecule has 0 amide bonds. The van der Waals surface area contributed by atoms with Crippen molar-refractivity contribution in [3.63, 3.8) is 0 Å². The zero-order valence-corrected chi connectivity index (χ0v) is 10.8. The van der Waals surface area contributed by atoms with Crippen LogP contribution in [0.25, 0.3) is 0 Å². The first-order valence-electron chi connectivity index (χ1n) is 5.48. The molecule has 88 valence electrons. The van der Waals surface area contributed by atoms with Gasteiger partial charge in [0.1, 0.15) is 10.8 Å². The highest BCUT2D eigenvalue weighted by Crippen LogP contribution is 2.17. The molecule has 0 aliphatic carbocycles. The van der Waals surface area contributed by atoms with Crippen LogP contribution in [0.3, 0.4) is 0 Å². The highest BCUT2D eigenvalue weighted by molar-refractivity contribution is 7.11. The smallest absolute Gasteiger partial charge is 0.144 e. The van der Waals surface area contributed by atoms with Gasteiger partial charge in [0, 0.05) is 23.7 Å². The van der Waals surface area contributed by atoms with Crippen molar-refractivity contribution in [3.05, 3.63) is 45.7 Å². The predicted molar refractivity (Wildman–Crippen MR) is 68.2 cm³/mol. The standard InChI is InChI=1S/C13H14N2OS/c1-9-10(2)17-13(15-9)7-12(16)6-11-4-3-5-14-8-11/h3-5,8H,6-7H2,1-2H3. The monoisotopic (exact) mass is 246 g/mol. The van der Waals surface area contributed by atoms with E-state index in [9.17, 15) is 4.79 Å². The molecule has 4 heteroatoms. The predicted octanol–water partition coefficient (Wildman–Crippen LogP) is 2.51. The molecule has 2 aromatic rings. The average Bonchev–Trinajstić information content (AvgIpc) is 2.59. The number of aromatic nitrogens is 2. The summed E-state index contributed by atoms with van der Waals surface area (Å²) in [6.45, 7) is 4.00.